The summed E-state index contributed by atoms with van der Waals surface area (Å²) in [6.07, 6.45) is 0. The third-order valence-corrected chi connectivity index (χ3v) is 1.60. The number of ketones is 1. The first-order chi connectivity index (χ1) is 5.52. The van der Waals surface area contributed by atoms with Gasteiger partial charge in [-0.2, -0.15) is 0 Å². The quantitative estimate of drug-likeness (QED) is 0.489. The first-order valence-corrected chi connectivity index (χ1v) is 4.71. The molecular weight excluding hydrogens is 192 g/mol. The van der Waals surface area contributed by atoms with Crippen molar-refractivity contribution in [1.82, 2.24) is 14.7 Å². The molecule has 0 amide bonds. The van der Waals surface area contributed by atoms with E-state index < -0.39 is 0 Å². The van der Waals surface area contributed by atoms with Crippen LogP contribution in [-0.2, 0) is 4.79 Å². The second-order valence-corrected chi connectivity index (χ2v) is 4.39. The molecule has 0 rings (SSSR count). The fourth-order valence-corrected chi connectivity index (χ4v) is 1.50. The zero-order chi connectivity index (χ0) is 9.56. The van der Waals surface area contributed by atoms with Gasteiger partial charge in [0.1, 0.15) is 5.78 Å². The largest absolute Gasteiger partial charge is 0.299 e. The Labute approximate surface area is 78.6 Å². The van der Waals surface area contributed by atoms with Crippen LogP contribution in [0, 0.1) is 0 Å². The van der Waals surface area contributed by atoms with Crippen LogP contribution in [0.4, 0.5) is 0 Å². The highest BCUT2D eigenvalue weighted by Gasteiger charge is 1.99. The molecule has 2 atom stereocenters. The van der Waals surface area contributed by atoms with Crippen molar-refractivity contribution in [2.24, 2.45) is 0 Å². The van der Waals surface area contributed by atoms with E-state index in [0.29, 0.717) is 13.2 Å². The van der Waals surface area contributed by atoms with E-state index in [-0.39, 0.29) is 5.78 Å². The van der Waals surface area contributed by atoms with Crippen LogP contribution in [0.5, 0.6) is 0 Å². The molecule has 0 aliphatic rings. The van der Waals surface area contributed by atoms with Crippen molar-refractivity contribution in [3.05, 3.63) is 0 Å². The van der Waals surface area contributed by atoms with Crippen LogP contribution in [0.25, 0.3) is 0 Å². The van der Waals surface area contributed by atoms with Gasteiger partial charge >= 0.3 is 0 Å². The number of carbonyl (C=O) groups is 1. The molecule has 1 N–H and O–H groups in total. The molecule has 0 aromatic rings. The molecule has 4 nitrogen and oxygen atoms in total. The summed E-state index contributed by atoms with van der Waals surface area (Å²) in [5, 5.41) is 3.01. The average Bonchev–Trinajstić information content (AvgIpc) is 1.84. The molecule has 2 unspecified atom stereocenters. The molecule has 72 valence electrons. The molecule has 0 aliphatic carbocycles. The molecular formula is C6H17N3OP2. The molecule has 0 spiro atoms. The van der Waals surface area contributed by atoms with Crippen LogP contribution in [0.15, 0.2) is 0 Å². The molecule has 0 saturated heterocycles. The highest BCUT2D eigenvalue weighted by Crippen LogP contribution is 2.00. The highest BCUT2D eigenvalue weighted by molar-refractivity contribution is 7.14. The van der Waals surface area contributed by atoms with E-state index in [1.165, 1.54) is 0 Å². The summed E-state index contributed by atoms with van der Waals surface area (Å²) in [7, 11) is 7.12. The summed E-state index contributed by atoms with van der Waals surface area (Å²) < 4.78 is 3.97. The van der Waals surface area contributed by atoms with Gasteiger partial charge in [-0.25, -0.2) is 0 Å². The molecule has 0 aromatic heterocycles. The number of Topliss-reactive ketones (excluding diaryl/α,β-unsaturated/α-hetero) is 1. The lowest BCUT2D eigenvalue weighted by Crippen LogP contribution is -2.33. The van der Waals surface area contributed by atoms with Crippen LogP contribution in [0.2, 0.25) is 0 Å². The van der Waals surface area contributed by atoms with E-state index in [2.05, 4.69) is 24.1 Å². The summed E-state index contributed by atoms with van der Waals surface area (Å²) in [4.78, 5) is 10.5. The lowest BCUT2D eigenvalue weighted by Gasteiger charge is -2.20. The lowest BCUT2D eigenvalue weighted by atomic mass is 10.4. The van der Waals surface area contributed by atoms with Crippen molar-refractivity contribution < 1.29 is 4.79 Å². The highest BCUT2D eigenvalue weighted by atomic mass is 31.0. The molecule has 0 heterocycles. The van der Waals surface area contributed by atoms with Crippen LogP contribution < -0.4 is 5.32 Å². The zero-order valence-electron chi connectivity index (χ0n) is 7.58. The molecule has 6 heteroatoms. The SMILES string of the molecule is CC(=O)CNCN(P)CN(C)P. The summed E-state index contributed by atoms with van der Waals surface area (Å²) in [5.74, 6) is 0.160. The van der Waals surface area contributed by atoms with Gasteiger partial charge < -0.3 is 0 Å². The Morgan fingerprint density at radius 2 is 2.08 bits per heavy atom. The second-order valence-electron chi connectivity index (χ2n) is 2.77. The maximum absolute atomic E-state index is 10.5. The van der Waals surface area contributed by atoms with Gasteiger partial charge in [-0.15, -0.1) is 0 Å². The van der Waals surface area contributed by atoms with Gasteiger partial charge in [-0.3, -0.25) is 19.5 Å². The lowest BCUT2D eigenvalue weighted by molar-refractivity contribution is -0.116. The van der Waals surface area contributed by atoms with Crippen LogP contribution in [0.1, 0.15) is 6.92 Å². The summed E-state index contributed by atoms with van der Waals surface area (Å²) in [5.41, 5.74) is 0. The second kappa shape index (κ2) is 6.88. The average molecular weight is 209 g/mol. The molecule has 0 saturated carbocycles. The van der Waals surface area contributed by atoms with Gasteiger partial charge in [-0.1, -0.05) is 18.8 Å². The Balaban J connectivity index is 3.31. The fourth-order valence-electron chi connectivity index (χ4n) is 0.712. The van der Waals surface area contributed by atoms with E-state index in [9.17, 15) is 4.79 Å². The Bertz CT molecular complexity index is 143. The van der Waals surface area contributed by atoms with Crippen molar-refractivity contribution in [3.8, 4) is 0 Å². The van der Waals surface area contributed by atoms with Gasteiger partial charge in [0.15, 0.2) is 0 Å². The van der Waals surface area contributed by atoms with Crippen molar-refractivity contribution >= 4 is 24.6 Å². The first-order valence-electron chi connectivity index (χ1n) is 3.68. The van der Waals surface area contributed by atoms with Gasteiger partial charge in [0.05, 0.1) is 19.9 Å². The molecule has 0 aromatic carbocycles. The van der Waals surface area contributed by atoms with E-state index in [1.807, 2.05) is 16.4 Å². The minimum atomic E-state index is 0.160. The molecule has 0 fully saturated rings. The molecule has 0 radical (unpaired) electrons. The summed E-state index contributed by atoms with van der Waals surface area (Å²) >= 11 is 0. The first kappa shape index (κ1) is 12.4. The topological polar surface area (TPSA) is 35.6 Å². The number of hydrogen-bond acceptors (Lipinski definition) is 4. The van der Waals surface area contributed by atoms with Crippen LogP contribution in [0.3, 0.4) is 0 Å². The van der Waals surface area contributed by atoms with E-state index >= 15 is 0 Å². The smallest absolute Gasteiger partial charge is 0.143 e. The number of carbonyl (C=O) groups excluding carboxylic acids is 1. The van der Waals surface area contributed by atoms with Gasteiger partial charge in [0.2, 0.25) is 0 Å². The normalized spacial score (nSPS) is 11.2. The zero-order valence-corrected chi connectivity index (χ0v) is 9.89. The van der Waals surface area contributed by atoms with Crippen molar-refractivity contribution in [2.45, 2.75) is 6.92 Å². The summed E-state index contributed by atoms with van der Waals surface area (Å²) in [6, 6.07) is 0. The molecule has 0 bridgehead atoms. The maximum atomic E-state index is 10.5. The fraction of sp³-hybridized carbons (Fsp3) is 0.833. The Morgan fingerprint density at radius 3 is 2.50 bits per heavy atom. The third-order valence-electron chi connectivity index (χ3n) is 1.09. The molecule has 0 aliphatic heterocycles. The van der Waals surface area contributed by atoms with Crippen LogP contribution in [-0.4, -0.2) is 42.1 Å². The Kier molecular flexibility index (Phi) is 7.11. The number of nitrogens with zero attached hydrogens (tertiary/aromatic N) is 2. The van der Waals surface area contributed by atoms with Crippen LogP contribution >= 0.6 is 18.8 Å². The summed E-state index contributed by atoms with van der Waals surface area (Å²) in [6.45, 7) is 3.52. The minimum absolute atomic E-state index is 0.160. The van der Waals surface area contributed by atoms with Gasteiger partial charge in [0.25, 0.3) is 0 Å². The van der Waals surface area contributed by atoms with Crippen molar-refractivity contribution in [3.63, 3.8) is 0 Å². The monoisotopic (exact) mass is 209 g/mol. The van der Waals surface area contributed by atoms with Gasteiger partial charge in [-0.05, 0) is 14.0 Å². The third kappa shape index (κ3) is 8.51. The number of hydrogen-bond donors (Lipinski definition) is 1. The standard InChI is InChI=1S/C6H17N3OP2/c1-6(10)3-7-4-9(12)5-8(2)11/h7H,3-5,11-12H2,1-2H3. The van der Waals surface area contributed by atoms with E-state index in [4.69, 9.17) is 0 Å². The van der Waals surface area contributed by atoms with Crippen molar-refractivity contribution in [2.75, 3.05) is 26.9 Å². The van der Waals surface area contributed by atoms with E-state index in [1.54, 1.807) is 6.92 Å². The number of nitrogens with one attached hydrogen (secondary N) is 1. The Hall–Kier alpha value is 0.410. The maximum Gasteiger partial charge on any atom is 0.143 e. The minimum Gasteiger partial charge on any atom is -0.299 e. The predicted octanol–water partition coefficient (Wildman–Crippen LogP) is -0.106. The number of rotatable bonds is 6. The predicted molar refractivity (Wildman–Crippen MR) is 57.4 cm³/mol. The Morgan fingerprint density at radius 1 is 1.50 bits per heavy atom. The van der Waals surface area contributed by atoms with Crippen molar-refractivity contribution in [1.29, 1.82) is 0 Å². The van der Waals surface area contributed by atoms with E-state index in [0.717, 1.165) is 6.67 Å². The van der Waals surface area contributed by atoms with Gasteiger partial charge in [0, 0.05) is 0 Å². The molecule has 12 heavy (non-hydrogen) atoms.